The Balaban J connectivity index is 1.83. The smallest absolute Gasteiger partial charge is 0.317 e. The van der Waals surface area contributed by atoms with Crippen LogP contribution in [0.3, 0.4) is 0 Å². The van der Waals surface area contributed by atoms with Crippen molar-refractivity contribution >= 4 is 17.6 Å². The zero-order valence-corrected chi connectivity index (χ0v) is 16.8. The normalized spacial score (nSPS) is 10.4. The van der Waals surface area contributed by atoms with E-state index in [9.17, 15) is 9.59 Å². The number of nitrogens with zero attached hydrogens (tertiary/aromatic N) is 1. The summed E-state index contributed by atoms with van der Waals surface area (Å²) < 4.78 is 0. The molecule has 0 aliphatic carbocycles. The Bertz CT molecular complexity index is 807. The first-order chi connectivity index (χ1) is 12.8. The third-order valence-electron chi connectivity index (χ3n) is 4.60. The molecule has 3 amide bonds. The van der Waals surface area contributed by atoms with Crippen molar-refractivity contribution in [2.45, 2.75) is 34.1 Å². The van der Waals surface area contributed by atoms with Gasteiger partial charge in [0.1, 0.15) is 6.54 Å². The number of anilines is 1. The van der Waals surface area contributed by atoms with E-state index in [-0.39, 0.29) is 18.5 Å². The number of hydrogen-bond acceptors (Lipinski definition) is 2. The Morgan fingerprint density at radius 1 is 0.963 bits per heavy atom. The summed E-state index contributed by atoms with van der Waals surface area (Å²) in [7, 11) is 1.62. The molecular weight excluding hydrogens is 338 g/mol. The molecule has 144 valence electrons. The molecule has 0 spiro atoms. The number of nitrogens with one attached hydrogen (secondary N) is 2. The molecule has 0 radical (unpaired) electrons. The van der Waals surface area contributed by atoms with E-state index in [1.807, 2.05) is 45.0 Å². The van der Waals surface area contributed by atoms with Crippen molar-refractivity contribution in [3.63, 3.8) is 0 Å². The first-order valence-electron chi connectivity index (χ1n) is 9.19. The molecule has 2 aromatic rings. The number of amides is 3. The van der Waals surface area contributed by atoms with Gasteiger partial charge in [0.25, 0.3) is 0 Å². The molecule has 0 aromatic heterocycles. The number of benzene rings is 2. The first kappa shape index (κ1) is 20.5. The highest BCUT2D eigenvalue weighted by atomic mass is 16.2. The van der Waals surface area contributed by atoms with Crippen LogP contribution in [-0.4, -0.2) is 37.0 Å². The van der Waals surface area contributed by atoms with Gasteiger partial charge in [-0.25, -0.2) is 4.79 Å². The zero-order valence-electron chi connectivity index (χ0n) is 16.8. The number of carbonyl (C=O) groups is 2. The molecule has 0 aliphatic rings. The van der Waals surface area contributed by atoms with Gasteiger partial charge in [0, 0.05) is 19.3 Å². The summed E-state index contributed by atoms with van der Waals surface area (Å²) in [4.78, 5) is 25.9. The van der Waals surface area contributed by atoms with Gasteiger partial charge in [0.05, 0.1) is 0 Å². The fourth-order valence-corrected chi connectivity index (χ4v) is 3.17. The minimum Gasteiger partial charge on any atom is -0.338 e. The molecule has 0 aliphatic heterocycles. The van der Waals surface area contributed by atoms with Gasteiger partial charge in [0.15, 0.2) is 0 Å². The van der Waals surface area contributed by atoms with E-state index >= 15 is 0 Å². The molecule has 2 rings (SSSR count). The quantitative estimate of drug-likeness (QED) is 0.817. The second kappa shape index (κ2) is 9.21. The molecule has 0 atom stereocenters. The van der Waals surface area contributed by atoms with Crippen molar-refractivity contribution in [1.82, 2.24) is 10.2 Å². The van der Waals surface area contributed by atoms with Crippen LogP contribution < -0.4 is 10.6 Å². The van der Waals surface area contributed by atoms with E-state index in [2.05, 4.69) is 29.7 Å². The maximum atomic E-state index is 12.3. The van der Waals surface area contributed by atoms with Gasteiger partial charge < -0.3 is 15.5 Å². The Kier molecular flexibility index (Phi) is 6.99. The standard InChI is InChI=1S/C22H29N3O2/c1-15-12-17(3)21(18(4)13-15)24-20(26)14-25(5)22(27)23-11-10-19-9-7-6-8-16(19)2/h6-9,12-13H,10-11,14H2,1-5H3,(H,23,27)(H,24,26). The average molecular weight is 367 g/mol. The zero-order chi connectivity index (χ0) is 20.0. The Hall–Kier alpha value is -2.82. The van der Waals surface area contributed by atoms with E-state index in [0.29, 0.717) is 6.54 Å². The summed E-state index contributed by atoms with van der Waals surface area (Å²) in [5.41, 5.74) is 6.44. The lowest BCUT2D eigenvalue weighted by molar-refractivity contribution is -0.116. The van der Waals surface area contributed by atoms with Gasteiger partial charge >= 0.3 is 6.03 Å². The fourth-order valence-electron chi connectivity index (χ4n) is 3.17. The lowest BCUT2D eigenvalue weighted by Crippen LogP contribution is -2.42. The number of aryl methyl sites for hydroxylation is 4. The molecule has 0 bridgehead atoms. The third kappa shape index (κ3) is 5.84. The summed E-state index contributed by atoms with van der Waals surface area (Å²) in [5, 5.41) is 5.78. The third-order valence-corrected chi connectivity index (χ3v) is 4.60. The van der Waals surface area contributed by atoms with Gasteiger partial charge in [-0.15, -0.1) is 0 Å². The molecule has 0 saturated carbocycles. The summed E-state index contributed by atoms with van der Waals surface area (Å²) in [6, 6.07) is 11.9. The van der Waals surface area contributed by atoms with E-state index in [1.54, 1.807) is 7.05 Å². The lowest BCUT2D eigenvalue weighted by Gasteiger charge is -2.19. The van der Waals surface area contributed by atoms with E-state index < -0.39 is 0 Å². The number of hydrogen-bond donors (Lipinski definition) is 2. The maximum absolute atomic E-state index is 12.3. The van der Waals surface area contributed by atoms with Crippen LogP contribution in [0.25, 0.3) is 0 Å². The van der Waals surface area contributed by atoms with Crippen LogP contribution >= 0.6 is 0 Å². The molecule has 0 heterocycles. The van der Waals surface area contributed by atoms with E-state index in [0.717, 1.165) is 28.8 Å². The predicted molar refractivity (Wildman–Crippen MR) is 110 cm³/mol. The highest BCUT2D eigenvalue weighted by Gasteiger charge is 2.14. The van der Waals surface area contributed by atoms with Crippen LogP contribution in [0, 0.1) is 27.7 Å². The topological polar surface area (TPSA) is 61.4 Å². The lowest BCUT2D eigenvalue weighted by atomic mass is 10.1. The second-order valence-corrected chi connectivity index (χ2v) is 7.09. The van der Waals surface area contributed by atoms with Gasteiger partial charge in [-0.3, -0.25) is 4.79 Å². The van der Waals surface area contributed by atoms with Crippen LogP contribution in [-0.2, 0) is 11.2 Å². The molecule has 2 aromatic carbocycles. The Morgan fingerprint density at radius 2 is 1.59 bits per heavy atom. The second-order valence-electron chi connectivity index (χ2n) is 7.09. The van der Waals surface area contributed by atoms with Crippen molar-refractivity contribution in [2.75, 3.05) is 25.5 Å². The molecule has 0 fully saturated rings. The SMILES string of the molecule is Cc1cc(C)c(NC(=O)CN(C)C(=O)NCCc2ccccc2C)c(C)c1. The molecule has 0 saturated heterocycles. The van der Waals surface area contributed by atoms with Gasteiger partial charge in [-0.1, -0.05) is 42.0 Å². The number of urea groups is 1. The van der Waals surface area contributed by atoms with Crippen LogP contribution in [0.1, 0.15) is 27.8 Å². The van der Waals surface area contributed by atoms with Crippen molar-refractivity contribution in [3.05, 3.63) is 64.2 Å². The molecule has 5 nitrogen and oxygen atoms in total. The van der Waals surface area contributed by atoms with Crippen molar-refractivity contribution < 1.29 is 9.59 Å². The van der Waals surface area contributed by atoms with E-state index in [1.165, 1.54) is 16.0 Å². The summed E-state index contributed by atoms with van der Waals surface area (Å²) in [5.74, 6) is -0.207. The average Bonchev–Trinajstić information content (AvgIpc) is 2.59. The highest BCUT2D eigenvalue weighted by Crippen LogP contribution is 2.21. The minimum absolute atomic E-state index is 0.00293. The highest BCUT2D eigenvalue weighted by molar-refractivity contribution is 5.95. The fraction of sp³-hybridized carbons (Fsp3) is 0.364. The first-order valence-corrected chi connectivity index (χ1v) is 9.19. The van der Waals surface area contributed by atoms with Crippen LogP contribution in [0.5, 0.6) is 0 Å². The predicted octanol–water partition coefficient (Wildman–Crippen LogP) is 3.74. The largest absolute Gasteiger partial charge is 0.338 e. The molecule has 27 heavy (non-hydrogen) atoms. The molecule has 0 unspecified atom stereocenters. The van der Waals surface area contributed by atoms with Crippen LogP contribution in [0.2, 0.25) is 0 Å². The molecule has 5 heteroatoms. The number of rotatable bonds is 6. The van der Waals surface area contributed by atoms with Crippen LogP contribution in [0.15, 0.2) is 36.4 Å². The maximum Gasteiger partial charge on any atom is 0.317 e. The molecular formula is C22H29N3O2. The van der Waals surface area contributed by atoms with Gasteiger partial charge in [-0.2, -0.15) is 0 Å². The van der Waals surface area contributed by atoms with Crippen LogP contribution in [0.4, 0.5) is 10.5 Å². The van der Waals surface area contributed by atoms with Crippen molar-refractivity contribution in [2.24, 2.45) is 0 Å². The Morgan fingerprint density at radius 3 is 2.22 bits per heavy atom. The number of carbonyl (C=O) groups excluding carboxylic acids is 2. The van der Waals surface area contributed by atoms with E-state index in [4.69, 9.17) is 0 Å². The summed E-state index contributed by atoms with van der Waals surface area (Å²) in [6.45, 7) is 8.56. The molecule has 2 N–H and O–H groups in total. The summed E-state index contributed by atoms with van der Waals surface area (Å²) in [6.07, 6.45) is 0.764. The number of likely N-dealkylation sites (N-methyl/N-ethyl adjacent to an activating group) is 1. The minimum atomic E-state index is -0.254. The van der Waals surface area contributed by atoms with Gasteiger partial charge in [-0.05, 0) is 56.4 Å². The monoisotopic (exact) mass is 367 g/mol. The van der Waals surface area contributed by atoms with Crippen molar-refractivity contribution in [1.29, 1.82) is 0 Å². The van der Waals surface area contributed by atoms with Gasteiger partial charge in [0.2, 0.25) is 5.91 Å². The van der Waals surface area contributed by atoms with Crippen molar-refractivity contribution in [3.8, 4) is 0 Å². The Labute approximate surface area is 161 Å². The summed E-state index contributed by atoms with van der Waals surface area (Å²) >= 11 is 0.